The Bertz CT molecular complexity index is 632. The summed E-state index contributed by atoms with van der Waals surface area (Å²) < 4.78 is 0. The predicted molar refractivity (Wildman–Crippen MR) is 61.0 cm³/mol. The van der Waals surface area contributed by atoms with Gasteiger partial charge in [0.05, 0.1) is 16.9 Å². The van der Waals surface area contributed by atoms with Crippen LogP contribution in [0.4, 0.5) is 0 Å². The van der Waals surface area contributed by atoms with Gasteiger partial charge in [-0.15, -0.1) is 0 Å². The monoisotopic (exact) mass is 211 g/mol. The fourth-order valence-electron chi connectivity index (χ4n) is 1.69. The number of H-pyrrole nitrogens is 1. The third kappa shape index (κ3) is 1.32. The Kier molecular flexibility index (Phi) is 1.86. The van der Waals surface area contributed by atoms with Crippen molar-refractivity contribution in [1.82, 2.24) is 15.2 Å². The summed E-state index contributed by atoms with van der Waals surface area (Å²) in [6.07, 6.45) is 1.66. The van der Waals surface area contributed by atoms with Crippen LogP contribution in [0.1, 0.15) is 0 Å². The summed E-state index contributed by atoms with van der Waals surface area (Å²) in [6, 6.07) is 10.9. The van der Waals surface area contributed by atoms with Crippen LogP contribution in [0.5, 0.6) is 5.75 Å². The first-order chi connectivity index (χ1) is 7.84. The first-order valence-electron chi connectivity index (χ1n) is 4.93. The van der Waals surface area contributed by atoms with Gasteiger partial charge in [0.25, 0.3) is 0 Å². The van der Waals surface area contributed by atoms with Crippen LogP contribution in [0.25, 0.3) is 22.3 Å². The van der Waals surface area contributed by atoms with Crippen molar-refractivity contribution in [2.45, 2.75) is 0 Å². The number of para-hydroxylation sites is 1. The zero-order valence-electron chi connectivity index (χ0n) is 8.38. The molecule has 3 aromatic rings. The summed E-state index contributed by atoms with van der Waals surface area (Å²) in [7, 11) is 0. The summed E-state index contributed by atoms with van der Waals surface area (Å²) in [5, 5.41) is 17.3. The number of aromatic nitrogens is 3. The highest BCUT2D eigenvalue weighted by Gasteiger charge is 2.06. The van der Waals surface area contributed by atoms with Crippen molar-refractivity contribution < 1.29 is 5.11 Å². The second-order valence-electron chi connectivity index (χ2n) is 3.51. The number of aromatic hydroxyl groups is 1. The van der Waals surface area contributed by atoms with Gasteiger partial charge in [0, 0.05) is 17.6 Å². The van der Waals surface area contributed by atoms with E-state index in [1.807, 2.05) is 30.3 Å². The predicted octanol–water partition coefficient (Wildman–Crippen LogP) is 2.33. The van der Waals surface area contributed by atoms with Gasteiger partial charge in [0.15, 0.2) is 0 Å². The van der Waals surface area contributed by atoms with Crippen LogP contribution < -0.4 is 0 Å². The molecule has 0 unspecified atom stereocenters. The molecule has 0 saturated heterocycles. The molecule has 0 radical (unpaired) electrons. The van der Waals surface area contributed by atoms with Crippen molar-refractivity contribution in [3.63, 3.8) is 0 Å². The third-order valence-electron chi connectivity index (χ3n) is 2.47. The van der Waals surface area contributed by atoms with Gasteiger partial charge in [0.1, 0.15) is 5.75 Å². The van der Waals surface area contributed by atoms with E-state index in [9.17, 15) is 5.11 Å². The van der Waals surface area contributed by atoms with Crippen LogP contribution >= 0.6 is 0 Å². The lowest BCUT2D eigenvalue weighted by molar-refractivity contribution is 0.481. The average molecular weight is 211 g/mol. The molecule has 0 amide bonds. The van der Waals surface area contributed by atoms with Gasteiger partial charge in [-0.05, 0) is 18.2 Å². The molecule has 0 aliphatic carbocycles. The van der Waals surface area contributed by atoms with Gasteiger partial charge in [-0.25, -0.2) is 4.98 Å². The Hall–Kier alpha value is -2.36. The van der Waals surface area contributed by atoms with E-state index in [-0.39, 0.29) is 5.75 Å². The molecule has 3 rings (SSSR count). The van der Waals surface area contributed by atoms with Crippen LogP contribution in [0.3, 0.4) is 0 Å². The Labute approximate surface area is 91.6 Å². The Balaban J connectivity index is 2.29. The molecular weight excluding hydrogens is 202 g/mol. The van der Waals surface area contributed by atoms with Crippen LogP contribution in [0.15, 0.2) is 42.6 Å². The Morgan fingerprint density at radius 2 is 2.00 bits per heavy atom. The fraction of sp³-hybridized carbons (Fsp3) is 0. The first-order valence-corrected chi connectivity index (χ1v) is 4.93. The summed E-state index contributed by atoms with van der Waals surface area (Å²) in [5.41, 5.74) is 2.25. The molecule has 0 saturated carbocycles. The number of nitrogens with zero attached hydrogens (tertiary/aromatic N) is 2. The van der Waals surface area contributed by atoms with E-state index >= 15 is 0 Å². The number of fused-ring (bicyclic) bond motifs is 1. The van der Waals surface area contributed by atoms with E-state index in [0.29, 0.717) is 5.69 Å². The zero-order valence-corrected chi connectivity index (χ0v) is 8.38. The van der Waals surface area contributed by atoms with Gasteiger partial charge in [-0.1, -0.05) is 12.1 Å². The van der Waals surface area contributed by atoms with E-state index < -0.39 is 0 Å². The minimum Gasteiger partial charge on any atom is -0.507 e. The summed E-state index contributed by atoms with van der Waals surface area (Å²) in [5.74, 6) is 0.232. The Morgan fingerprint density at radius 1 is 1.12 bits per heavy atom. The molecule has 78 valence electrons. The maximum absolute atomic E-state index is 9.88. The van der Waals surface area contributed by atoms with Crippen LogP contribution in [-0.2, 0) is 0 Å². The highest BCUT2D eigenvalue weighted by atomic mass is 16.3. The molecule has 0 aliphatic rings. The molecule has 0 atom stereocenters. The van der Waals surface area contributed by atoms with Crippen molar-refractivity contribution in [3.05, 3.63) is 42.6 Å². The SMILES string of the molecule is Oc1cc(-c2ccn[nH]2)nc2ccccc12. The summed E-state index contributed by atoms with van der Waals surface area (Å²) in [6.45, 7) is 0. The van der Waals surface area contributed by atoms with Gasteiger partial charge >= 0.3 is 0 Å². The van der Waals surface area contributed by atoms with E-state index in [2.05, 4.69) is 15.2 Å². The molecule has 0 fully saturated rings. The molecule has 2 N–H and O–H groups in total. The molecule has 1 aromatic carbocycles. The highest BCUT2D eigenvalue weighted by Crippen LogP contribution is 2.27. The number of aromatic amines is 1. The number of hydrogen-bond acceptors (Lipinski definition) is 3. The van der Waals surface area contributed by atoms with Gasteiger partial charge in [-0.3, -0.25) is 5.10 Å². The van der Waals surface area contributed by atoms with E-state index in [1.165, 1.54) is 0 Å². The van der Waals surface area contributed by atoms with E-state index in [0.717, 1.165) is 16.6 Å². The molecule has 4 heteroatoms. The molecule has 2 aromatic heterocycles. The van der Waals surface area contributed by atoms with Crippen molar-refractivity contribution in [1.29, 1.82) is 0 Å². The van der Waals surface area contributed by atoms with Crippen molar-refractivity contribution in [2.75, 3.05) is 0 Å². The molecule has 0 aliphatic heterocycles. The largest absolute Gasteiger partial charge is 0.507 e. The minimum atomic E-state index is 0.232. The number of hydrogen-bond donors (Lipinski definition) is 2. The maximum atomic E-state index is 9.88. The highest BCUT2D eigenvalue weighted by molar-refractivity contribution is 5.87. The van der Waals surface area contributed by atoms with Gasteiger partial charge < -0.3 is 5.11 Å². The smallest absolute Gasteiger partial charge is 0.127 e. The fourth-order valence-corrected chi connectivity index (χ4v) is 1.69. The topological polar surface area (TPSA) is 61.8 Å². The lowest BCUT2D eigenvalue weighted by Gasteiger charge is -2.03. The first kappa shape index (κ1) is 8.91. The zero-order chi connectivity index (χ0) is 11.0. The van der Waals surface area contributed by atoms with Crippen LogP contribution in [-0.4, -0.2) is 20.3 Å². The molecule has 4 nitrogen and oxygen atoms in total. The Morgan fingerprint density at radius 3 is 2.81 bits per heavy atom. The standard InChI is InChI=1S/C12H9N3O/c16-12-7-11(10-5-6-13-15-10)14-9-4-2-1-3-8(9)12/h1-7H,(H,13,15)(H,14,16). The maximum Gasteiger partial charge on any atom is 0.127 e. The average Bonchev–Trinajstić information content (AvgIpc) is 2.82. The number of benzene rings is 1. The lowest BCUT2D eigenvalue weighted by Crippen LogP contribution is -1.86. The second-order valence-corrected chi connectivity index (χ2v) is 3.51. The second kappa shape index (κ2) is 3.34. The van der Waals surface area contributed by atoms with E-state index in [4.69, 9.17) is 0 Å². The van der Waals surface area contributed by atoms with Crippen molar-refractivity contribution in [3.8, 4) is 17.1 Å². The molecular formula is C12H9N3O. The van der Waals surface area contributed by atoms with Gasteiger partial charge in [0.2, 0.25) is 0 Å². The number of pyridine rings is 1. The van der Waals surface area contributed by atoms with Crippen molar-refractivity contribution >= 4 is 10.9 Å². The van der Waals surface area contributed by atoms with E-state index in [1.54, 1.807) is 12.3 Å². The normalized spacial score (nSPS) is 10.8. The quantitative estimate of drug-likeness (QED) is 0.649. The molecule has 0 spiro atoms. The number of rotatable bonds is 1. The third-order valence-corrected chi connectivity index (χ3v) is 2.47. The summed E-state index contributed by atoms with van der Waals surface area (Å²) in [4.78, 5) is 4.45. The molecule has 0 bridgehead atoms. The van der Waals surface area contributed by atoms with Crippen LogP contribution in [0, 0.1) is 0 Å². The number of nitrogens with one attached hydrogen (secondary N) is 1. The van der Waals surface area contributed by atoms with Crippen LogP contribution in [0.2, 0.25) is 0 Å². The summed E-state index contributed by atoms with van der Waals surface area (Å²) >= 11 is 0. The molecule has 2 heterocycles. The minimum absolute atomic E-state index is 0.232. The van der Waals surface area contributed by atoms with Gasteiger partial charge in [-0.2, -0.15) is 5.10 Å². The lowest BCUT2D eigenvalue weighted by atomic mass is 10.1. The van der Waals surface area contributed by atoms with Crippen molar-refractivity contribution in [2.24, 2.45) is 0 Å². The molecule has 16 heavy (non-hydrogen) atoms.